The lowest BCUT2D eigenvalue weighted by atomic mass is 9.48. The summed E-state index contributed by atoms with van der Waals surface area (Å²) in [6.07, 6.45) is 1.07. The fraction of sp³-hybridized carbons (Fsp3) is 0.632. The summed E-state index contributed by atoms with van der Waals surface area (Å²) in [5.41, 5.74) is -0.568. The Balaban J connectivity index is 1.69. The summed E-state index contributed by atoms with van der Waals surface area (Å²) in [7, 11) is 1.58. The summed E-state index contributed by atoms with van der Waals surface area (Å²) in [5, 5.41) is 15.1. The van der Waals surface area contributed by atoms with Gasteiger partial charge in [0.25, 0.3) is 0 Å². The van der Waals surface area contributed by atoms with Crippen molar-refractivity contribution in [3.05, 3.63) is 23.3 Å². The molecule has 26 heavy (non-hydrogen) atoms. The molecule has 3 fully saturated rings. The number of aliphatic hydroxyl groups is 1. The molecule has 1 aromatic rings. The first-order valence-electron chi connectivity index (χ1n) is 9.23. The monoisotopic (exact) mass is 359 g/mol. The van der Waals surface area contributed by atoms with Crippen molar-refractivity contribution in [2.45, 2.75) is 48.2 Å². The van der Waals surface area contributed by atoms with Gasteiger partial charge in [0.15, 0.2) is 23.4 Å². The second-order valence-electron chi connectivity index (χ2n) is 7.92. The third-order valence-corrected chi connectivity index (χ3v) is 7.15. The Hall–Kier alpha value is -1.67. The molecule has 2 N–H and O–H groups in total. The zero-order valence-corrected chi connectivity index (χ0v) is 14.5. The van der Waals surface area contributed by atoms with Crippen LogP contribution in [0.15, 0.2) is 12.1 Å². The molecule has 2 aliphatic carbocycles. The van der Waals surface area contributed by atoms with Gasteiger partial charge in [0.2, 0.25) is 5.79 Å². The molecule has 138 valence electrons. The van der Waals surface area contributed by atoms with E-state index in [4.69, 9.17) is 18.9 Å². The first-order chi connectivity index (χ1) is 12.6. The van der Waals surface area contributed by atoms with Gasteiger partial charge in [0.1, 0.15) is 11.6 Å². The van der Waals surface area contributed by atoms with Crippen LogP contribution in [0.4, 0.5) is 0 Å². The number of benzene rings is 1. The number of piperidine rings is 1. The molecule has 4 atom stereocenters. The Morgan fingerprint density at radius 2 is 2.04 bits per heavy atom. The largest absolute Gasteiger partial charge is 0.493 e. The fourth-order valence-corrected chi connectivity index (χ4v) is 6.15. The first kappa shape index (κ1) is 15.4. The Bertz CT molecular complexity index is 834. The lowest BCUT2D eigenvalue weighted by Crippen LogP contribution is -2.80. The minimum Gasteiger partial charge on any atom is -0.493 e. The van der Waals surface area contributed by atoms with E-state index in [-0.39, 0.29) is 5.78 Å². The number of Topliss-reactive ketones (excluding diaryl/α,β-unsaturated/α-hetero) is 1. The molecule has 2 bridgehead atoms. The number of fused-ring (bicyclic) bond motifs is 1. The highest BCUT2D eigenvalue weighted by Gasteiger charge is 2.78. The molecule has 3 aliphatic heterocycles. The lowest BCUT2D eigenvalue weighted by Gasteiger charge is -2.62. The third kappa shape index (κ3) is 1.40. The maximum atomic E-state index is 13.2. The quantitative estimate of drug-likeness (QED) is 0.756. The number of rotatable bonds is 1. The van der Waals surface area contributed by atoms with E-state index in [0.29, 0.717) is 56.1 Å². The Labute approximate surface area is 150 Å². The molecule has 2 spiro atoms. The van der Waals surface area contributed by atoms with Crippen LogP contribution in [0.25, 0.3) is 0 Å². The van der Waals surface area contributed by atoms with Gasteiger partial charge >= 0.3 is 0 Å². The highest BCUT2D eigenvalue weighted by atomic mass is 16.8. The molecule has 6 rings (SSSR count). The molecule has 3 heterocycles. The molecule has 1 saturated carbocycles. The Morgan fingerprint density at radius 1 is 1.23 bits per heavy atom. The summed E-state index contributed by atoms with van der Waals surface area (Å²) < 4.78 is 24.1. The van der Waals surface area contributed by atoms with Crippen molar-refractivity contribution in [1.82, 2.24) is 5.32 Å². The predicted molar refractivity (Wildman–Crippen MR) is 88.6 cm³/mol. The highest BCUT2D eigenvalue weighted by molar-refractivity contribution is 6.06. The topological polar surface area (TPSA) is 86.2 Å². The van der Waals surface area contributed by atoms with Gasteiger partial charge in [0.05, 0.1) is 25.7 Å². The van der Waals surface area contributed by atoms with Crippen LogP contribution in [0.3, 0.4) is 0 Å². The fourth-order valence-electron chi connectivity index (χ4n) is 6.15. The van der Waals surface area contributed by atoms with E-state index in [9.17, 15) is 9.90 Å². The van der Waals surface area contributed by atoms with Crippen molar-refractivity contribution in [2.24, 2.45) is 0 Å². The number of ether oxygens (including phenoxy) is 4. The van der Waals surface area contributed by atoms with Crippen LogP contribution in [-0.2, 0) is 14.9 Å². The van der Waals surface area contributed by atoms with Gasteiger partial charge in [-0.1, -0.05) is 0 Å². The Kier molecular flexibility index (Phi) is 2.72. The molecule has 0 radical (unpaired) electrons. The average molecular weight is 359 g/mol. The number of nitrogens with one attached hydrogen (secondary N) is 1. The van der Waals surface area contributed by atoms with Crippen LogP contribution in [0, 0.1) is 0 Å². The number of methoxy groups -OCH3 is 1. The molecule has 2 saturated heterocycles. The second kappa shape index (κ2) is 4.59. The number of hydrogen-bond acceptors (Lipinski definition) is 7. The minimum atomic E-state index is -1.22. The van der Waals surface area contributed by atoms with Crippen molar-refractivity contribution >= 4 is 5.78 Å². The zero-order chi connectivity index (χ0) is 17.7. The van der Waals surface area contributed by atoms with E-state index in [1.54, 1.807) is 19.2 Å². The van der Waals surface area contributed by atoms with E-state index in [0.717, 1.165) is 5.56 Å². The molecule has 7 nitrogen and oxygen atoms in total. The van der Waals surface area contributed by atoms with Gasteiger partial charge in [-0.25, -0.2) is 0 Å². The van der Waals surface area contributed by atoms with Gasteiger partial charge in [-0.2, -0.15) is 0 Å². The summed E-state index contributed by atoms with van der Waals surface area (Å²) >= 11 is 0. The second-order valence-corrected chi connectivity index (χ2v) is 7.92. The average Bonchev–Trinajstić information content (AvgIpc) is 3.25. The van der Waals surface area contributed by atoms with Gasteiger partial charge < -0.3 is 29.4 Å². The molecule has 0 amide bonds. The highest BCUT2D eigenvalue weighted by Crippen LogP contribution is 2.66. The SMILES string of the molecule is COc1ccc2c3c1O[C@H]1C4(CC[C@@]5(O)[C@H](NCC[C@]315)C2=O)OCCO4. The van der Waals surface area contributed by atoms with Crippen molar-refractivity contribution in [2.75, 3.05) is 26.9 Å². The minimum absolute atomic E-state index is 0.0739. The third-order valence-electron chi connectivity index (χ3n) is 7.15. The van der Waals surface area contributed by atoms with Crippen molar-refractivity contribution in [3.8, 4) is 11.5 Å². The van der Waals surface area contributed by atoms with E-state index in [1.807, 2.05) is 0 Å². The lowest BCUT2D eigenvalue weighted by molar-refractivity contribution is -0.284. The van der Waals surface area contributed by atoms with Crippen LogP contribution in [-0.4, -0.2) is 61.3 Å². The van der Waals surface area contributed by atoms with Crippen molar-refractivity contribution in [3.63, 3.8) is 0 Å². The number of carbonyl (C=O) groups is 1. The van der Waals surface area contributed by atoms with Crippen molar-refractivity contribution < 1.29 is 28.8 Å². The van der Waals surface area contributed by atoms with E-state index in [2.05, 4.69) is 5.32 Å². The predicted octanol–water partition coefficient (Wildman–Crippen LogP) is 0.520. The maximum Gasteiger partial charge on any atom is 0.207 e. The van der Waals surface area contributed by atoms with Crippen LogP contribution in [0.1, 0.15) is 35.2 Å². The van der Waals surface area contributed by atoms with Gasteiger partial charge in [-0.15, -0.1) is 0 Å². The van der Waals surface area contributed by atoms with Crippen LogP contribution >= 0.6 is 0 Å². The number of carbonyl (C=O) groups excluding carboxylic acids is 1. The number of ketones is 1. The standard InChI is InChI=1S/C19H21NO6/c1-23-11-3-2-10-12-14(11)26-16-17(12)6-7-20-15(13(10)21)18(17,22)4-5-19(16)24-8-9-25-19/h2-3,15-16,20,22H,4-9H2,1H3/t15-,16-,17+,18-/m1/s1. The molecule has 1 aromatic carbocycles. The summed E-state index contributed by atoms with van der Waals surface area (Å²) in [6, 6.07) is 2.93. The molecular formula is C19H21NO6. The van der Waals surface area contributed by atoms with Gasteiger partial charge in [0, 0.05) is 17.5 Å². The van der Waals surface area contributed by atoms with E-state index in [1.165, 1.54) is 0 Å². The smallest absolute Gasteiger partial charge is 0.207 e. The molecule has 7 heteroatoms. The van der Waals surface area contributed by atoms with Gasteiger partial charge in [-0.05, 0) is 31.5 Å². The van der Waals surface area contributed by atoms with Crippen LogP contribution in [0.2, 0.25) is 0 Å². The normalized spacial score (nSPS) is 41.1. The van der Waals surface area contributed by atoms with Crippen LogP contribution < -0.4 is 14.8 Å². The van der Waals surface area contributed by atoms with Crippen molar-refractivity contribution in [1.29, 1.82) is 0 Å². The maximum absolute atomic E-state index is 13.2. The summed E-state index contributed by atoms with van der Waals surface area (Å²) in [4.78, 5) is 13.2. The number of hydrogen-bond donors (Lipinski definition) is 2. The molecule has 0 unspecified atom stereocenters. The van der Waals surface area contributed by atoms with E-state index < -0.39 is 28.9 Å². The zero-order valence-electron chi connectivity index (χ0n) is 14.5. The van der Waals surface area contributed by atoms with E-state index >= 15 is 0 Å². The first-order valence-corrected chi connectivity index (χ1v) is 9.23. The molecular weight excluding hydrogens is 338 g/mol. The molecule has 0 aromatic heterocycles. The molecule has 5 aliphatic rings. The van der Waals surface area contributed by atoms with Gasteiger partial charge in [-0.3, -0.25) is 4.79 Å². The Morgan fingerprint density at radius 3 is 2.81 bits per heavy atom. The van der Waals surface area contributed by atoms with Crippen LogP contribution in [0.5, 0.6) is 11.5 Å². The summed E-state index contributed by atoms with van der Waals surface area (Å²) in [6.45, 7) is 1.65. The summed E-state index contributed by atoms with van der Waals surface area (Å²) in [5.74, 6) is 0.181.